The van der Waals surface area contributed by atoms with Crippen molar-refractivity contribution in [3.05, 3.63) is 63.2 Å². The second-order valence-electron chi connectivity index (χ2n) is 7.93. The molecule has 0 saturated heterocycles. The summed E-state index contributed by atoms with van der Waals surface area (Å²) < 4.78 is 28.0. The molecule has 146 valence electrons. The predicted molar refractivity (Wildman–Crippen MR) is 121 cm³/mol. The molecule has 1 aliphatic heterocycles. The van der Waals surface area contributed by atoms with Gasteiger partial charge in [0, 0.05) is 9.49 Å². The zero-order chi connectivity index (χ0) is 19.7. The molecule has 0 aromatic heterocycles. The Kier molecular flexibility index (Phi) is 6.36. The molecule has 2 aromatic carbocycles. The van der Waals surface area contributed by atoms with Crippen molar-refractivity contribution in [2.24, 2.45) is 11.3 Å². The van der Waals surface area contributed by atoms with Crippen LogP contribution in [0.15, 0.2) is 53.4 Å². The summed E-state index contributed by atoms with van der Waals surface area (Å²) in [7, 11) is -3.31. The highest BCUT2D eigenvalue weighted by atomic mass is 127. The first kappa shape index (κ1) is 20.8. The highest BCUT2D eigenvalue weighted by molar-refractivity contribution is 14.1. The molecule has 2 aromatic rings. The fourth-order valence-corrected chi connectivity index (χ4v) is 7.52. The molecule has 0 aliphatic carbocycles. The first-order valence-electron chi connectivity index (χ1n) is 9.92. The number of unbranched alkanes of at least 4 members (excludes halogenated alkanes) is 1. The van der Waals surface area contributed by atoms with Crippen molar-refractivity contribution in [3.63, 3.8) is 0 Å². The van der Waals surface area contributed by atoms with Crippen LogP contribution in [0.2, 0.25) is 0 Å². The van der Waals surface area contributed by atoms with Gasteiger partial charge in [-0.3, -0.25) is 0 Å². The largest absolute Gasteiger partial charge is 0.224 e. The summed E-state index contributed by atoms with van der Waals surface area (Å²) in [6.07, 6.45) is 4.02. The minimum absolute atomic E-state index is 0.104. The van der Waals surface area contributed by atoms with Crippen molar-refractivity contribution in [1.82, 2.24) is 0 Å². The Labute approximate surface area is 177 Å². The number of rotatable bonds is 5. The second-order valence-corrected chi connectivity index (χ2v) is 11.1. The standard InChI is InChI=1S/C23H29IO2S/c1-4-6-15-23(5-2)16-27(25,26)21-10-8-7-9-20(21)22(17(23)3)18-11-13-19(24)14-12-18/h7-14,17,22H,4-6,15-16H2,1-3H3/t17-,22-,23-/m1/s1. The molecule has 3 rings (SSSR count). The summed E-state index contributed by atoms with van der Waals surface area (Å²) in [6.45, 7) is 6.63. The van der Waals surface area contributed by atoms with E-state index >= 15 is 0 Å². The highest BCUT2D eigenvalue weighted by Gasteiger charge is 2.47. The van der Waals surface area contributed by atoms with Crippen molar-refractivity contribution in [2.45, 2.75) is 57.3 Å². The second kappa shape index (κ2) is 8.24. The number of fused-ring (bicyclic) bond motifs is 1. The number of hydrogen-bond acceptors (Lipinski definition) is 2. The maximum atomic E-state index is 13.4. The smallest absolute Gasteiger partial charge is 0.179 e. The van der Waals surface area contributed by atoms with E-state index in [0.717, 1.165) is 31.2 Å². The zero-order valence-electron chi connectivity index (χ0n) is 16.4. The SMILES string of the molecule is CCCC[C@]1(CC)CS(=O)(=O)c2ccccc2[C@@H](c2ccc(I)cc2)[C@H]1C. The Morgan fingerprint density at radius 1 is 1.07 bits per heavy atom. The van der Waals surface area contributed by atoms with Crippen LogP contribution in [0.1, 0.15) is 63.5 Å². The molecule has 0 fully saturated rings. The molecular weight excluding hydrogens is 467 g/mol. The molecule has 0 saturated carbocycles. The van der Waals surface area contributed by atoms with Crippen molar-refractivity contribution in [1.29, 1.82) is 0 Å². The minimum Gasteiger partial charge on any atom is -0.224 e. The van der Waals surface area contributed by atoms with Gasteiger partial charge in [-0.25, -0.2) is 8.42 Å². The lowest BCUT2D eigenvalue weighted by Gasteiger charge is -2.41. The van der Waals surface area contributed by atoms with Crippen LogP contribution < -0.4 is 0 Å². The molecule has 0 spiro atoms. The number of benzene rings is 2. The summed E-state index contributed by atoms with van der Waals surface area (Å²) in [5.74, 6) is 0.620. The summed E-state index contributed by atoms with van der Waals surface area (Å²) in [6, 6.07) is 16.3. The fourth-order valence-electron chi connectivity index (χ4n) is 4.80. The van der Waals surface area contributed by atoms with E-state index < -0.39 is 9.84 Å². The number of halogens is 1. The molecular formula is C23H29IO2S. The van der Waals surface area contributed by atoms with Crippen molar-refractivity contribution >= 4 is 32.4 Å². The first-order chi connectivity index (χ1) is 12.8. The first-order valence-corrected chi connectivity index (χ1v) is 12.6. The van der Waals surface area contributed by atoms with Crippen LogP contribution in [0.4, 0.5) is 0 Å². The van der Waals surface area contributed by atoms with Gasteiger partial charge >= 0.3 is 0 Å². The maximum absolute atomic E-state index is 13.4. The lowest BCUT2D eigenvalue weighted by Crippen LogP contribution is -2.37. The molecule has 0 bridgehead atoms. The van der Waals surface area contributed by atoms with Gasteiger partial charge in [0.05, 0.1) is 10.6 Å². The molecule has 0 N–H and O–H groups in total. The van der Waals surface area contributed by atoms with E-state index in [1.165, 1.54) is 9.13 Å². The lowest BCUT2D eigenvalue weighted by molar-refractivity contribution is 0.160. The number of hydrogen-bond donors (Lipinski definition) is 0. The summed E-state index contributed by atoms with van der Waals surface area (Å²) in [4.78, 5) is 0.534. The van der Waals surface area contributed by atoms with Crippen LogP contribution >= 0.6 is 22.6 Å². The molecule has 0 radical (unpaired) electrons. The van der Waals surface area contributed by atoms with E-state index in [9.17, 15) is 8.42 Å². The summed E-state index contributed by atoms with van der Waals surface area (Å²) in [5.41, 5.74) is 2.00. The average molecular weight is 496 g/mol. The van der Waals surface area contributed by atoms with Crippen LogP contribution in [0.25, 0.3) is 0 Å². The van der Waals surface area contributed by atoms with Gasteiger partial charge in [0.1, 0.15) is 0 Å². The summed E-state index contributed by atoms with van der Waals surface area (Å²) >= 11 is 2.32. The Morgan fingerprint density at radius 2 is 1.74 bits per heavy atom. The molecule has 3 atom stereocenters. The zero-order valence-corrected chi connectivity index (χ0v) is 19.4. The molecule has 2 nitrogen and oxygen atoms in total. The average Bonchev–Trinajstić information content (AvgIpc) is 2.73. The molecule has 27 heavy (non-hydrogen) atoms. The van der Waals surface area contributed by atoms with Gasteiger partial charge < -0.3 is 0 Å². The van der Waals surface area contributed by atoms with Crippen molar-refractivity contribution in [3.8, 4) is 0 Å². The molecule has 0 unspecified atom stereocenters. The van der Waals surface area contributed by atoms with E-state index in [2.05, 4.69) is 67.6 Å². The van der Waals surface area contributed by atoms with Gasteiger partial charge in [-0.1, -0.05) is 63.9 Å². The molecule has 1 aliphatic rings. The van der Waals surface area contributed by atoms with Gasteiger partial charge in [-0.2, -0.15) is 0 Å². The monoisotopic (exact) mass is 496 g/mol. The third kappa shape index (κ3) is 3.98. The van der Waals surface area contributed by atoms with Gasteiger partial charge in [0.15, 0.2) is 9.84 Å². The van der Waals surface area contributed by atoms with Gasteiger partial charge in [0.2, 0.25) is 0 Å². The Balaban J connectivity index is 2.25. The van der Waals surface area contributed by atoms with Crippen LogP contribution in [0.5, 0.6) is 0 Å². The van der Waals surface area contributed by atoms with Gasteiger partial charge in [-0.05, 0) is 76.1 Å². The number of sulfone groups is 1. The highest BCUT2D eigenvalue weighted by Crippen LogP contribution is 2.52. The maximum Gasteiger partial charge on any atom is 0.179 e. The summed E-state index contributed by atoms with van der Waals surface area (Å²) in [5, 5.41) is 0. The van der Waals surface area contributed by atoms with Gasteiger partial charge in [-0.15, -0.1) is 0 Å². The van der Waals surface area contributed by atoms with Crippen LogP contribution in [-0.2, 0) is 9.84 Å². The molecule has 4 heteroatoms. The van der Waals surface area contributed by atoms with E-state index in [1.54, 1.807) is 0 Å². The van der Waals surface area contributed by atoms with Crippen molar-refractivity contribution in [2.75, 3.05) is 5.75 Å². The van der Waals surface area contributed by atoms with Crippen molar-refractivity contribution < 1.29 is 8.42 Å². The predicted octanol–water partition coefficient (Wildman–Crippen LogP) is 6.43. The van der Waals surface area contributed by atoms with Crippen LogP contribution in [0.3, 0.4) is 0 Å². The van der Waals surface area contributed by atoms with E-state index in [1.807, 2.05) is 24.3 Å². The Hall–Kier alpha value is -0.880. The van der Waals surface area contributed by atoms with Crippen LogP contribution in [-0.4, -0.2) is 14.2 Å². The molecule has 0 amide bonds. The van der Waals surface area contributed by atoms with E-state index in [4.69, 9.17) is 0 Å². The normalized spacial score (nSPS) is 27.0. The minimum atomic E-state index is -3.31. The quantitative estimate of drug-likeness (QED) is 0.447. The fraction of sp³-hybridized carbons (Fsp3) is 0.478. The van der Waals surface area contributed by atoms with E-state index in [0.29, 0.717) is 4.90 Å². The molecule has 1 heterocycles. The van der Waals surface area contributed by atoms with E-state index in [-0.39, 0.29) is 23.0 Å². The lowest BCUT2D eigenvalue weighted by atomic mass is 9.64. The topological polar surface area (TPSA) is 34.1 Å². The third-order valence-electron chi connectivity index (χ3n) is 6.49. The van der Waals surface area contributed by atoms with Gasteiger partial charge in [0.25, 0.3) is 0 Å². The Bertz CT molecular complexity index is 889. The third-order valence-corrected chi connectivity index (χ3v) is 9.21. The van der Waals surface area contributed by atoms with Crippen LogP contribution in [0, 0.1) is 14.9 Å². The Morgan fingerprint density at radius 3 is 2.37 bits per heavy atom.